The summed E-state index contributed by atoms with van der Waals surface area (Å²) in [6, 6.07) is 4.11. The van der Waals surface area contributed by atoms with Crippen molar-refractivity contribution in [2.24, 2.45) is 0 Å². The quantitative estimate of drug-likeness (QED) is 0.619. The Balaban J connectivity index is 1.53. The molecular weight excluding hydrogens is 353 g/mol. The first-order valence-corrected chi connectivity index (χ1v) is 8.53. The van der Waals surface area contributed by atoms with Gasteiger partial charge >= 0.3 is 0 Å². The highest BCUT2D eigenvalue weighted by Gasteiger charge is 2.23. The molecule has 0 saturated carbocycles. The van der Waals surface area contributed by atoms with Gasteiger partial charge in [0.25, 0.3) is 0 Å². The van der Waals surface area contributed by atoms with Crippen LogP contribution < -0.4 is 4.74 Å². The van der Waals surface area contributed by atoms with Crippen LogP contribution in [0.15, 0.2) is 36.8 Å². The van der Waals surface area contributed by atoms with E-state index >= 15 is 0 Å². The van der Waals surface area contributed by atoms with Gasteiger partial charge in [0.2, 0.25) is 5.91 Å². The summed E-state index contributed by atoms with van der Waals surface area (Å²) in [5.41, 5.74) is 0.768. The number of aromatic amines is 1. The van der Waals surface area contributed by atoms with Gasteiger partial charge in [0.15, 0.2) is 5.78 Å². The van der Waals surface area contributed by atoms with E-state index in [1.807, 2.05) is 0 Å². The van der Waals surface area contributed by atoms with E-state index in [1.54, 1.807) is 23.2 Å². The number of rotatable bonds is 6. The minimum Gasteiger partial charge on any atom is -0.491 e. The summed E-state index contributed by atoms with van der Waals surface area (Å²) in [6.45, 7) is 2.74. The molecule has 0 aliphatic carbocycles. The fourth-order valence-corrected chi connectivity index (χ4v) is 2.70. The zero-order valence-corrected chi connectivity index (χ0v) is 14.9. The second kappa shape index (κ2) is 8.59. The molecule has 0 radical (unpaired) electrons. The molecule has 1 fully saturated rings. The number of halogens is 1. The molecule has 1 aliphatic rings. The maximum absolute atomic E-state index is 13.8. The molecule has 7 nitrogen and oxygen atoms in total. The highest BCUT2D eigenvalue weighted by atomic mass is 19.1. The lowest BCUT2D eigenvalue weighted by Gasteiger charge is -2.32. The molecule has 142 valence electrons. The minimum atomic E-state index is -0.620. The van der Waals surface area contributed by atoms with Crippen LogP contribution >= 0.6 is 0 Å². The summed E-state index contributed by atoms with van der Waals surface area (Å²) in [4.78, 5) is 32.0. The van der Waals surface area contributed by atoms with Crippen molar-refractivity contribution < 1.29 is 23.5 Å². The number of aromatic nitrogens is 2. The van der Waals surface area contributed by atoms with Gasteiger partial charge in [-0.25, -0.2) is 9.37 Å². The van der Waals surface area contributed by atoms with E-state index in [9.17, 15) is 14.0 Å². The zero-order chi connectivity index (χ0) is 19.2. The molecule has 1 unspecified atom stereocenters. The molecule has 1 aliphatic heterocycles. The third kappa shape index (κ3) is 5.01. The second-order valence-corrected chi connectivity index (χ2v) is 6.13. The molecule has 27 heavy (non-hydrogen) atoms. The van der Waals surface area contributed by atoms with Crippen molar-refractivity contribution in [1.29, 1.82) is 0 Å². The number of H-pyrrole nitrogens is 1. The Labute approximate surface area is 155 Å². The van der Waals surface area contributed by atoms with E-state index in [0.29, 0.717) is 25.4 Å². The Morgan fingerprint density at radius 1 is 1.48 bits per heavy atom. The topological polar surface area (TPSA) is 84.5 Å². The lowest BCUT2D eigenvalue weighted by Crippen LogP contribution is -2.47. The van der Waals surface area contributed by atoms with Gasteiger partial charge in [0.05, 0.1) is 36.9 Å². The molecule has 1 saturated heterocycles. The number of hydrogen-bond donors (Lipinski definition) is 1. The Bertz CT molecular complexity index is 835. The van der Waals surface area contributed by atoms with Gasteiger partial charge in [0, 0.05) is 18.7 Å². The number of morpholine rings is 1. The number of nitrogens with one attached hydrogen (secondary N) is 1. The Hall–Kier alpha value is -3.00. The summed E-state index contributed by atoms with van der Waals surface area (Å²) in [5.74, 6) is -0.782. The third-order valence-corrected chi connectivity index (χ3v) is 4.13. The van der Waals surface area contributed by atoms with Crippen molar-refractivity contribution in [2.75, 3.05) is 26.3 Å². The first-order chi connectivity index (χ1) is 13.0. The lowest BCUT2D eigenvalue weighted by molar-refractivity contribution is -0.134. The molecule has 1 amide bonds. The van der Waals surface area contributed by atoms with E-state index in [4.69, 9.17) is 9.47 Å². The standard InChI is InChI=1S/C19H20FN3O4/c1-13(24)17-4-3-15(8-18(17)20)27-11-16-10-23(6-7-26-16)19(25)5-2-14-9-21-12-22-14/h2-5,8-9,12,16H,6-7,10-11H2,1H3,(H,21,22)/b5-2+. The monoisotopic (exact) mass is 373 g/mol. The highest BCUT2D eigenvalue weighted by Crippen LogP contribution is 2.18. The molecule has 2 aromatic rings. The number of carbonyl (C=O) groups is 2. The minimum absolute atomic E-state index is 0.0251. The molecule has 2 heterocycles. The summed E-state index contributed by atoms with van der Waals surface area (Å²) in [5, 5.41) is 0. The fourth-order valence-electron chi connectivity index (χ4n) is 2.70. The van der Waals surface area contributed by atoms with Gasteiger partial charge in [-0.1, -0.05) is 0 Å². The van der Waals surface area contributed by atoms with Gasteiger partial charge in [-0.15, -0.1) is 0 Å². The van der Waals surface area contributed by atoms with Gasteiger partial charge in [-0.2, -0.15) is 0 Å². The molecule has 0 spiro atoms. The van der Waals surface area contributed by atoms with Crippen LogP contribution in [-0.2, 0) is 9.53 Å². The van der Waals surface area contributed by atoms with Crippen LogP contribution in [0, 0.1) is 5.82 Å². The first-order valence-electron chi connectivity index (χ1n) is 8.53. The first kappa shape index (κ1) is 18.8. The average Bonchev–Trinajstić information content (AvgIpc) is 3.18. The van der Waals surface area contributed by atoms with Gasteiger partial charge < -0.3 is 19.4 Å². The number of benzene rings is 1. The van der Waals surface area contributed by atoms with Crippen LogP contribution in [-0.4, -0.2) is 59.0 Å². The fraction of sp³-hybridized carbons (Fsp3) is 0.316. The van der Waals surface area contributed by atoms with E-state index < -0.39 is 5.82 Å². The normalized spacial score (nSPS) is 17.3. The van der Waals surface area contributed by atoms with Crippen molar-refractivity contribution in [3.05, 3.63) is 53.9 Å². The van der Waals surface area contributed by atoms with E-state index in [0.717, 1.165) is 5.69 Å². The zero-order valence-electron chi connectivity index (χ0n) is 14.9. The van der Waals surface area contributed by atoms with E-state index in [-0.39, 0.29) is 30.0 Å². The largest absolute Gasteiger partial charge is 0.491 e. The highest BCUT2D eigenvalue weighted by molar-refractivity contribution is 5.94. The maximum atomic E-state index is 13.8. The second-order valence-electron chi connectivity index (χ2n) is 6.13. The van der Waals surface area contributed by atoms with Crippen molar-refractivity contribution >= 4 is 17.8 Å². The summed E-state index contributed by atoms with van der Waals surface area (Å²) in [7, 11) is 0. The van der Waals surface area contributed by atoms with Crippen molar-refractivity contribution in [3.8, 4) is 5.75 Å². The molecular formula is C19H20FN3O4. The number of ether oxygens (including phenoxy) is 2. The third-order valence-electron chi connectivity index (χ3n) is 4.13. The smallest absolute Gasteiger partial charge is 0.246 e. The van der Waals surface area contributed by atoms with E-state index in [1.165, 1.54) is 31.5 Å². The summed E-state index contributed by atoms with van der Waals surface area (Å²) >= 11 is 0. The molecule has 1 aromatic heterocycles. The maximum Gasteiger partial charge on any atom is 0.246 e. The number of hydrogen-bond acceptors (Lipinski definition) is 5. The number of amides is 1. The number of carbonyl (C=O) groups excluding carboxylic acids is 2. The SMILES string of the molecule is CC(=O)c1ccc(OCC2CN(C(=O)/C=C/c3cnc[nH]3)CCO2)cc1F. The van der Waals surface area contributed by atoms with Gasteiger partial charge in [-0.3, -0.25) is 9.59 Å². The summed E-state index contributed by atoms with van der Waals surface area (Å²) < 4.78 is 25.0. The van der Waals surface area contributed by atoms with E-state index in [2.05, 4.69) is 9.97 Å². The Kier molecular flexibility index (Phi) is 5.97. The molecule has 8 heteroatoms. The molecule has 3 rings (SSSR count). The summed E-state index contributed by atoms with van der Waals surface area (Å²) in [6.07, 6.45) is 5.98. The number of Topliss-reactive ketones (excluding diaryl/α,β-unsaturated/α-hetero) is 1. The van der Waals surface area contributed by atoms with Crippen molar-refractivity contribution in [2.45, 2.75) is 13.0 Å². The van der Waals surface area contributed by atoms with Crippen LogP contribution in [0.2, 0.25) is 0 Å². The average molecular weight is 373 g/mol. The van der Waals surface area contributed by atoms with Gasteiger partial charge in [0.1, 0.15) is 24.3 Å². The van der Waals surface area contributed by atoms with Crippen molar-refractivity contribution in [1.82, 2.24) is 14.9 Å². The van der Waals surface area contributed by atoms with Gasteiger partial charge in [-0.05, 0) is 25.1 Å². The van der Waals surface area contributed by atoms with Crippen LogP contribution in [0.5, 0.6) is 5.75 Å². The predicted molar refractivity (Wildman–Crippen MR) is 95.8 cm³/mol. The molecule has 0 bridgehead atoms. The molecule has 1 N–H and O–H groups in total. The number of ketones is 1. The van der Waals surface area contributed by atoms with Crippen LogP contribution in [0.1, 0.15) is 23.0 Å². The Morgan fingerprint density at radius 3 is 3.04 bits per heavy atom. The molecule has 1 aromatic carbocycles. The van der Waals surface area contributed by atoms with Crippen LogP contribution in [0.3, 0.4) is 0 Å². The predicted octanol–water partition coefficient (Wildman–Crippen LogP) is 2.07. The number of imidazole rings is 1. The van der Waals surface area contributed by atoms with Crippen molar-refractivity contribution in [3.63, 3.8) is 0 Å². The lowest BCUT2D eigenvalue weighted by atomic mass is 10.1. The Morgan fingerprint density at radius 2 is 2.33 bits per heavy atom. The molecule has 1 atom stereocenters. The van der Waals surface area contributed by atoms with Crippen LogP contribution in [0.25, 0.3) is 6.08 Å². The van der Waals surface area contributed by atoms with Crippen LogP contribution in [0.4, 0.5) is 4.39 Å². The number of nitrogens with zero attached hydrogens (tertiary/aromatic N) is 2.